The van der Waals surface area contributed by atoms with Crippen LogP contribution in [-0.4, -0.2) is 42.3 Å². The van der Waals surface area contributed by atoms with Gasteiger partial charge in [0.15, 0.2) is 16.9 Å². The van der Waals surface area contributed by atoms with Crippen molar-refractivity contribution in [1.29, 1.82) is 0 Å². The molecule has 0 aliphatic carbocycles. The average molecular weight is 487 g/mol. The molecule has 1 aliphatic heterocycles. The number of ether oxygens (including phenoxy) is 3. The van der Waals surface area contributed by atoms with Gasteiger partial charge in [-0.15, -0.1) is 0 Å². The third kappa shape index (κ3) is 6.01. The molecule has 0 amide bonds. The maximum Gasteiger partial charge on any atom is 0.343 e. The van der Waals surface area contributed by atoms with Crippen LogP contribution in [0.25, 0.3) is 11.3 Å². The molecule has 190 valence electrons. The van der Waals surface area contributed by atoms with Crippen LogP contribution in [0.3, 0.4) is 0 Å². The van der Waals surface area contributed by atoms with E-state index in [-0.39, 0.29) is 40.5 Å². The van der Waals surface area contributed by atoms with Crippen LogP contribution in [-0.2, 0) is 11.2 Å². The standard InChI is InChI=1S/C26H34N2O7/c1-6-34-25(30)19-16-27-20(15-21(19)29)18-14-22(33-5)23(35-11-9-7-8-10-28(31)32)12-17(18)13-24(27)26(2,3)4/h12,14-16,24H,6-11,13H2,1-5H3. The number of nitro groups is 1. The molecule has 1 unspecified atom stereocenters. The number of methoxy groups -OCH3 is 1. The Balaban J connectivity index is 1.97. The first-order chi connectivity index (χ1) is 16.6. The zero-order valence-corrected chi connectivity index (χ0v) is 21.1. The molecule has 0 fully saturated rings. The summed E-state index contributed by atoms with van der Waals surface area (Å²) in [6.45, 7) is 8.67. The van der Waals surface area contributed by atoms with Crippen molar-refractivity contribution in [3.05, 3.63) is 55.9 Å². The smallest absolute Gasteiger partial charge is 0.343 e. The number of carbonyl (C=O) groups is 1. The number of benzene rings is 1. The fraction of sp³-hybridized carbons (Fsp3) is 0.538. The lowest BCUT2D eigenvalue weighted by molar-refractivity contribution is -0.480. The first-order valence-corrected chi connectivity index (χ1v) is 12.0. The van der Waals surface area contributed by atoms with Crippen molar-refractivity contribution >= 4 is 5.97 Å². The van der Waals surface area contributed by atoms with Crippen molar-refractivity contribution in [1.82, 2.24) is 4.57 Å². The van der Waals surface area contributed by atoms with Gasteiger partial charge >= 0.3 is 5.97 Å². The molecule has 0 saturated carbocycles. The van der Waals surface area contributed by atoms with Gasteiger partial charge in [-0.3, -0.25) is 14.9 Å². The highest BCUT2D eigenvalue weighted by Gasteiger charge is 2.34. The molecule has 1 atom stereocenters. The molecule has 35 heavy (non-hydrogen) atoms. The number of fused-ring (bicyclic) bond motifs is 3. The van der Waals surface area contributed by atoms with Crippen molar-refractivity contribution in [2.75, 3.05) is 26.9 Å². The topological polar surface area (TPSA) is 110 Å². The fourth-order valence-corrected chi connectivity index (χ4v) is 4.40. The van der Waals surface area contributed by atoms with Crippen LogP contribution in [0.4, 0.5) is 0 Å². The van der Waals surface area contributed by atoms with Gasteiger partial charge in [-0.25, -0.2) is 4.79 Å². The lowest BCUT2D eigenvalue weighted by atomic mass is 9.78. The number of aromatic nitrogens is 1. The third-order valence-corrected chi connectivity index (χ3v) is 6.23. The van der Waals surface area contributed by atoms with Gasteiger partial charge in [0.05, 0.1) is 26.0 Å². The van der Waals surface area contributed by atoms with Crippen LogP contribution in [0, 0.1) is 15.5 Å². The SMILES string of the molecule is CCOC(=O)c1cn2c(cc1=O)-c1cc(OC)c(OCCCCC[N+](=O)[O-])cc1CC2C(C)(C)C. The molecule has 2 aromatic rings. The van der Waals surface area contributed by atoms with Crippen molar-refractivity contribution < 1.29 is 23.9 Å². The Labute approximate surface area is 205 Å². The third-order valence-electron chi connectivity index (χ3n) is 6.23. The summed E-state index contributed by atoms with van der Waals surface area (Å²) in [5.74, 6) is 0.523. The molecule has 9 heteroatoms. The minimum absolute atomic E-state index is 0.0119. The van der Waals surface area contributed by atoms with Crippen molar-refractivity contribution in [3.63, 3.8) is 0 Å². The number of unbranched alkanes of at least 4 members (excludes halogenated alkanes) is 2. The summed E-state index contributed by atoms with van der Waals surface area (Å²) in [5.41, 5.74) is 2.08. The quantitative estimate of drug-likeness (QED) is 0.208. The van der Waals surface area contributed by atoms with E-state index in [4.69, 9.17) is 14.2 Å². The van der Waals surface area contributed by atoms with Crippen molar-refractivity contribution in [2.45, 2.75) is 59.4 Å². The Morgan fingerprint density at radius 2 is 1.91 bits per heavy atom. The number of hydrogen-bond donors (Lipinski definition) is 0. The Hall–Kier alpha value is -3.36. The molecule has 2 heterocycles. The molecule has 9 nitrogen and oxygen atoms in total. The molecule has 1 aliphatic rings. The molecular weight excluding hydrogens is 452 g/mol. The van der Waals surface area contributed by atoms with Gasteiger partial charge in [-0.2, -0.15) is 0 Å². The van der Waals surface area contributed by atoms with E-state index in [0.29, 0.717) is 49.5 Å². The van der Waals surface area contributed by atoms with Gasteiger partial charge in [-0.1, -0.05) is 20.8 Å². The van der Waals surface area contributed by atoms with E-state index in [2.05, 4.69) is 20.8 Å². The molecule has 1 aromatic carbocycles. The molecule has 3 rings (SSSR count). The predicted octanol–water partition coefficient (Wildman–Crippen LogP) is 4.67. The maximum atomic E-state index is 12.9. The zero-order valence-electron chi connectivity index (χ0n) is 21.1. The molecule has 0 radical (unpaired) electrons. The average Bonchev–Trinajstić information content (AvgIpc) is 2.79. The van der Waals surface area contributed by atoms with E-state index >= 15 is 0 Å². The van der Waals surface area contributed by atoms with Gasteiger partial charge in [0.25, 0.3) is 0 Å². The largest absolute Gasteiger partial charge is 0.493 e. The lowest BCUT2D eigenvalue weighted by Gasteiger charge is -2.39. The number of hydrogen-bond acceptors (Lipinski definition) is 7. The van der Waals surface area contributed by atoms with Gasteiger partial charge in [0.2, 0.25) is 6.54 Å². The van der Waals surface area contributed by atoms with Crippen LogP contribution in [0.15, 0.2) is 29.2 Å². The molecule has 0 saturated heterocycles. The van der Waals surface area contributed by atoms with E-state index < -0.39 is 5.97 Å². The van der Waals surface area contributed by atoms with E-state index in [1.54, 1.807) is 20.2 Å². The summed E-state index contributed by atoms with van der Waals surface area (Å²) >= 11 is 0. The van der Waals surface area contributed by atoms with Crippen molar-refractivity contribution in [2.24, 2.45) is 5.41 Å². The highest BCUT2D eigenvalue weighted by Crippen LogP contribution is 2.45. The van der Waals surface area contributed by atoms with Gasteiger partial charge in [-0.05, 0) is 49.3 Å². The Morgan fingerprint density at radius 3 is 2.54 bits per heavy atom. The number of pyridine rings is 1. The van der Waals surface area contributed by atoms with E-state index in [1.165, 1.54) is 6.07 Å². The number of rotatable bonds is 10. The predicted molar refractivity (Wildman–Crippen MR) is 132 cm³/mol. The van der Waals surface area contributed by atoms with E-state index in [9.17, 15) is 19.7 Å². The second-order valence-corrected chi connectivity index (χ2v) is 9.78. The lowest BCUT2D eigenvalue weighted by Crippen LogP contribution is -2.33. The first kappa shape index (κ1) is 26.2. The number of nitrogens with zero attached hydrogens (tertiary/aromatic N) is 2. The molecule has 0 N–H and O–H groups in total. The summed E-state index contributed by atoms with van der Waals surface area (Å²) in [4.78, 5) is 35.4. The number of esters is 1. The Morgan fingerprint density at radius 1 is 1.17 bits per heavy atom. The number of carbonyl (C=O) groups excluding carboxylic acids is 1. The van der Waals surface area contributed by atoms with Crippen LogP contribution < -0.4 is 14.9 Å². The van der Waals surface area contributed by atoms with Crippen LogP contribution >= 0.6 is 0 Å². The van der Waals surface area contributed by atoms with E-state index in [0.717, 1.165) is 11.1 Å². The minimum Gasteiger partial charge on any atom is -0.493 e. The Kier molecular flexibility index (Phi) is 8.19. The van der Waals surface area contributed by atoms with Crippen molar-refractivity contribution in [3.8, 4) is 22.8 Å². The van der Waals surface area contributed by atoms with Gasteiger partial charge in [0, 0.05) is 35.2 Å². The highest BCUT2D eigenvalue weighted by molar-refractivity contribution is 5.89. The zero-order chi connectivity index (χ0) is 25.8. The monoisotopic (exact) mass is 486 g/mol. The minimum atomic E-state index is -0.620. The molecule has 1 aromatic heterocycles. The van der Waals surface area contributed by atoms with Gasteiger partial charge < -0.3 is 18.8 Å². The first-order valence-electron chi connectivity index (χ1n) is 12.0. The Bertz CT molecular complexity index is 1150. The highest BCUT2D eigenvalue weighted by atomic mass is 16.6. The summed E-state index contributed by atoms with van der Waals surface area (Å²) in [6.07, 6.45) is 4.23. The molecule has 0 bridgehead atoms. The summed E-state index contributed by atoms with van der Waals surface area (Å²) in [7, 11) is 1.56. The van der Waals surface area contributed by atoms with Crippen LogP contribution in [0.5, 0.6) is 11.5 Å². The second-order valence-electron chi connectivity index (χ2n) is 9.78. The molecular formula is C26H34N2O7. The van der Waals surface area contributed by atoms with E-state index in [1.807, 2.05) is 16.7 Å². The summed E-state index contributed by atoms with van der Waals surface area (Å²) < 4.78 is 18.7. The van der Waals surface area contributed by atoms with Crippen LogP contribution in [0.2, 0.25) is 0 Å². The van der Waals surface area contributed by atoms with Crippen LogP contribution in [0.1, 0.15) is 68.9 Å². The summed E-state index contributed by atoms with van der Waals surface area (Å²) in [5, 5.41) is 10.5. The maximum absolute atomic E-state index is 12.9. The van der Waals surface area contributed by atoms with Gasteiger partial charge in [0.1, 0.15) is 5.56 Å². The fourth-order valence-electron chi connectivity index (χ4n) is 4.40. The molecule has 0 spiro atoms. The normalized spacial score (nSPS) is 14.6. The summed E-state index contributed by atoms with van der Waals surface area (Å²) in [6, 6.07) is 5.31. The second kappa shape index (κ2) is 10.9.